The lowest BCUT2D eigenvalue weighted by Gasteiger charge is -2.01. The Morgan fingerprint density at radius 2 is 1.81 bits per heavy atom. The van der Waals surface area contributed by atoms with Crippen molar-refractivity contribution in [3.63, 3.8) is 0 Å². The van der Waals surface area contributed by atoms with Crippen molar-refractivity contribution in [2.45, 2.75) is 19.8 Å². The molecule has 1 nitrogen and oxygen atoms in total. The van der Waals surface area contributed by atoms with Gasteiger partial charge < -0.3 is 4.98 Å². The van der Waals surface area contributed by atoms with Crippen LogP contribution in [0.2, 0.25) is 0 Å². The van der Waals surface area contributed by atoms with E-state index >= 15 is 0 Å². The number of rotatable bonds is 3. The maximum Gasteiger partial charge on any atom is 0.129 e. The van der Waals surface area contributed by atoms with Gasteiger partial charge in [-0.15, -0.1) is 0 Å². The van der Waals surface area contributed by atoms with Gasteiger partial charge in [0, 0.05) is 23.9 Å². The molecule has 0 aliphatic carbocycles. The van der Waals surface area contributed by atoms with Gasteiger partial charge in [-0.1, -0.05) is 13.0 Å². The second-order valence-electron chi connectivity index (χ2n) is 3.77. The predicted octanol–water partition coefficient (Wildman–Crippen LogP) is 3.45. The third-order valence-corrected chi connectivity index (χ3v) is 2.58. The van der Waals surface area contributed by atoms with Crippen LogP contribution in [0.5, 0.6) is 0 Å². The lowest BCUT2D eigenvalue weighted by atomic mass is 10.1. The van der Waals surface area contributed by atoms with Crippen LogP contribution in [0.3, 0.4) is 0 Å². The van der Waals surface area contributed by atoms with Crippen LogP contribution in [0.1, 0.15) is 23.9 Å². The molecule has 0 amide bonds. The average molecular weight is 221 g/mol. The Bertz CT molecular complexity index is 488. The van der Waals surface area contributed by atoms with Crippen molar-refractivity contribution >= 4 is 0 Å². The van der Waals surface area contributed by atoms with Crippen molar-refractivity contribution in [1.82, 2.24) is 4.98 Å². The molecule has 1 aromatic carbocycles. The minimum Gasteiger partial charge on any atom is -0.362 e. The number of aryl methyl sites for hydroxylation is 1. The highest BCUT2D eigenvalue weighted by molar-refractivity contribution is 5.25. The first-order valence-corrected chi connectivity index (χ1v) is 5.29. The van der Waals surface area contributed by atoms with Crippen LogP contribution >= 0.6 is 0 Å². The molecule has 2 aromatic rings. The molecular formula is C13H13F2N. The molecule has 0 bridgehead atoms. The number of benzene rings is 1. The van der Waals surface area contributed by atoms with Crippen molar-refractivity contribution in [3.05, 3.63) is 58.9 Å². The maximum absolute atomic E-state index is 13.4. The number of halogens is 2. The zero-order chi connectivity index (χ0) is 11.5. The Hall–Kier alpha value is -1.64. The van der Waals surface area contributed by atoms with Gasteiger partial charge in [0.2, 0.25) is 0 Å². The Morgan fingerprint density at radius 3 is 2.44 bits per heavy atom. The summed E-state index contributed by atoms with van der Waals surface area (Å²) in [5.74, 6) is -1.03. The highest BCUT2D eigenvalue weighted by Crippen LogP contribution is 2.14. The summed E-state index contributed by atoms with van der Waals surface area (Å²) < 4.78 is 26.1. The summed E-state index contributed by atoms with van der Waals surface area (Å²) >= 11 is 0. The topological polar surface area (TPSA) is 15.8 Å². The predicted molar refractivity (Wildman–Crippen MR) is 59.3 cm³/mol. The van der Waals surface area contributed by atoms with Crippen molar-refractivity contribution < 1.29 is 8.78 Å². The number of aromatic amines is 1. The van der Waals surface area contributed by atoms with Crippen molar-refractivity contribution in [1.29, 1.82) is 0 Å². The summed E-state index contributed by atoms with van der Waals surface area (Å²) in [5.41, 5.74) is 2.57. The van der Waals surface area contributed by atoms with E-state index in [1.165, 1.54) is 12.1 Å². The number of hydrogen-bond donors (Lipinski definition) is 1. The molecule has 1 aromatic heterocycles. The smallest absolute Gasteiger partial charge is 0.129 e. The Labute approximate surface area is 93.1 Å². The van der Waals surface area contributed by atoms with Gasteiger partial charge in [-0.05, 0) is 30.2 Å². The lowest BCUT2D eigenvalue weighted by molar-refractivity contribution is 0.574. The molecule has 0 aliphatic heterocycles. The van der Waals surface area contributed by atoms with Gasteiger partial charge in [-0.2, -0.15) is 0 Å². The maximum atomic E-state index is 13.4. The first-order valence-electron chi connectivity index (χ1n) is 5.29. The van der Waals surface area contributed by atoms with Crippen LogP contribution in [-0.4, -0.2) is 4.98 Å². The van der Waals surface area contributed by atoms with Crippen molar-refractivity contribution in [2.24, 2.45) is 0 Å². The largest absolute Gasteiger partial charge is 0.362 e. The van der Waals surface area contributed by atoms with E-state index in [0.29, 0.717) is 12.0 Å². The molecule has 0 spiro atoms. The molecule has 1 N–H and O–H groups in total. The van der Waals surface area contributed by atoms with Crippen LogP contribution in [0, 0.1) is 11.6 Å². The minimum atomic E-state index is -0.540. The van der Waals surface area contributed by atoms with E-state index in [2.05, 4.69) is 4.98 Å². The average Bonchev–Trinajstić information content (AvgIpc) is 2.70. The summed E-state index contributed by atoms with van der Waals surface area (Å²) in [7, 11) is 0. The van der Waals surface area contributed by atoms with Crippen LogP contribution in [0.25, 0.3) is 0 Å². The third-order valence-electron chi connectivity index (χ3n) is 2.58. The molecule has 0 atom stereocenters. The Kier molecular flexibility index (Phi) is 3.04. The fourth-order valence-corrected chi connectivity index (χ4v) is 1.67. The van der Waals surface area contributed by atoms with E-state index in [1.54, 1.807) is 0 Å². The van der Waals surface area contributed by atoms with Crippen LogP contribution in [-0.2, 0) is 12.8 Å². The Morgan fingerprint density at radius 1 is 1.06 bits per heavy atom. The summed E-state index contributed by atoms with van der Waals surface area (Å²) in [6, 6.07) is 7.59. The highest BCUT2D eigenvalue weighted by Gasteiger charge is 2.05. The summed E-state index contributed by atoms with van der Waals surface area (Å²) in [4.78, 5) is 3.19. The number of nitrogens with one attached hydrogen (secondary N) is 1. The lowest BCUT2D eigenvalue weighted by Crippen LogP contribution is -1.94. The third kappa shape index (κ3) is 2.30. The molecule has 2 rings (SSSR count). The minimum absolute atomic E-state index is 0.464. The van der Waals surface area contributed by atoms with Crippen LogP contribution in [0.4, 0.5) is 8.78 Å². The fourth-order valence-electron chi connectivity index (χ4n) is 1.67. The Balaban J connectivity index is 2.20. The number of H-pyrrole nitrogens is 1. The molecule has 3 heteroatoms. The van der Waals surface area contributed by atoms with E-state index in [9.17, 15) is 8.78 Å². The first kappa shape index (κ1) is 10.9. The van der Waals surface area contributed by atoms with Gasteiger partial charge >= 0.3 is 0 Å². The molecule has 0 fully saturated rings. The molecular weight excluding hydrogens is 208 g/mol. The van der Waals surface area contributed by atoms with Gasteiger partial charge in [0.15, 0.2) is 0 Å². The SMILES string of the molecule is CCc1ccc(Cc2ccc(F)cc2F)[nH]1. The zero-order valence-corrected chi connectivity index (χ0v) is 9.06. The van der Waals surface area contributed by atoms with Gasteiger partial charge in [0.1, 0.15) is 11.6 Å². The number of hydrogen-bond acceptors (Lipinski definition) is 0. The van der Waals surface area contributed by atoms with Gasteiger partial charge in [0.05, 0.1) is 0 Å². The van der Waals surface area contributed by atoms with Gasteiger partial charge in [-0.3, -0.25) is 0 Å². The summed E-state index contributed by atoms with van der Waals surface area (Å²) in [6.45, 7) is 2.05. The number of aromatic nitrogens is 1. The van der Waals surface area contributed by atoms with Crippen molar-refractivity contribution in [3.8, 4) is 0 Å². The van der Waals surface area contributed by atoms with Gasteiger partial charge in [0.25, 0.3) is 0 Å². The second kappa shape index (κ2) is 4.47. The van der Waals surface area contributed by atoms with E-state index in [-0.39, 0.29) is 0 Å². The molecule has 0 saturated heterocycles. The van der Waals surface area contributed by atoms with Gasteiger partial charge in [-0.25, -0.2) is 8.78 Å². The van der Waals surface area contributed by atoms with E-state index in [4.69, 9.17) is 0 Å². The molecule has 0 saturated carbocycles. The molecule has 0 unspecified atom stereocenters. The zero-order valence-electron chi connectivity index (χ0n) is 9.06. The van der Waals surface area contributed by atoms with E-state index in [1.807, 2.05) is 19.1 Å². The van der Waals surface area contributed by atoms with Crippen molar-refractivity contribution in [2.75, 3.05) is 0 Å². The van der Waals surface area contributed by atoms with E-state index in [0.717, 1.165) is 23.9 Å². The standard InChI is InChI=1S/C13H13F2N/c1-2-11-5-6-12(16-11)7-9-3-4-10(14)8-13(9)15/h3-6,8,16H,2,7H2,1H3. The highest BCUT2D eigenvalue weighted by atomic mass is 19.1. The summed E-state index contributed by atoms with van der Waals surface area (Å²) in [6.07, 6.45) is 1.39. The molecule has 1 heterocycles. The second-order valence-corrected chi connectivity index (χ2v) is 3.77. The molecule has 16 heavy (non-hydrogen) atoms. The van der Waals surface area contributed by atoms with E-state index < -0.39 is 11.6 Å². The molecule has 0 aliphatic rings. The molecule has 84 valence electrons. The summed E-state index contributed by atoms with van der Waals surface area (Å²) in [5, 5.41) is 0. The van der Waals surface area contributed by atoms with Crippen LogP contribution < -0.4 is 0 Å². The monoisotopic (exact) mass is 221 g/mol. The quantitative estimate of drug-likeness (QED) is 0.817. The fraction of sp³-hybridized carbons (Fsp3) is 0.231. The first-order chi connectivity index (χ1) is 7.69. The normalized spacial score (nSPS) is 10.7. The molecule has 0 radical (unpaired) electrons. The van der Waals surface area contributed by atoms with Crippen LogP contribution in [0.15, 0.2) is 30.3 Å².